The molecule has 0 spiro atoms. The van der Waals surface area contributed by atoms with Crippen molar-refractivity contribution in [2.45, 2.75) is 31.0 Å². The molecule has 5 heteroatoms. The van der Waals surface area contributed by atoms with Crippen LogP contribution in [0.2, 0.25) is 0 Å². The Morgan fingerprint density at radius 3 is 2.40 bits per heavy atom. The molecule has 0 amide bonds. The average Bonchev–Trinajstić information content (AvgIpc) is 2.15. The first-order chi connectivity index (χ1) is 9.41. The minimum absolute atomic E-state index is 0.0981. The van der Waals surface area contributed by atoms with Crippen LogP contribution < -0.4 is 10.1 Å². The van der Waals surface area contributed by atoms with Crippen molar-refractivity contribution in [1.29, 1.82) is 0 Å². The molecule has 20 heavy (non-hydrogen) atoms. The maximum absolute atomic E-state index is 12.3. The Morgan fingerprint density at radius 1 is 1.15 bits per heavy atom. The Kier molecular flexibility index (Phi) is 2.31. The Labute approximate surface area is 115 Å². The molecule has 0 radical (unpaired) electrons. The van der Waals surface area contributed by atoms with Gasteiger partial charge in [-0.1, -0.05) is 12.1 Å². The summed E-state index contributed by atoms with van der Waals surface area (Å²) in [6.07, 6.45) is -1.23. The molecule has 4 aliphatic rings. The summed E-state index contributed by atoms with van der Waals surface area (Å²) in [5.41, 5.74) is 1.61. The zero-order chi connectivity index (χ0) is 14.0. The van der Waals surface area contributed by atoms with Gasteiger partial charge in [-0.2, -0.15) is 0 Å². The van der Waals surface area contributed by atoms with Gasteiger partial charge in [-0.3, -0.25) is 0 Å². The Balaban J connectivity index is 1.50. The molecular formula is C15H16F3NO. The van der Waals surface area contributed by atoms with E-state index >= 15 is 0 Å². The topological polar surface area (TPSA) is 21.3 Å². The van der Waals surface area contributed by atoms with Crippen molar-refractivity contribution >= 4 is 0 Å². The van der Waals surface area contributed by atoms with Gasteiger partial charge in [0, 0.05) is 0 Å². The van der Waals surface area contributed by atoms with Crippen LogP contribution in [0.25, 0.3) is 0 Å². The van der Waals surface area contributed by atoms with Crippen LogP contribution in [0.5, 0.6) is 5.75 Å². The second-order valence-electron chi connectivity index (χ2n) is 6.60. The van der Waals surface area contributed by atoms with Crippen LogP contribution in [0.3, 0.4) is 0 Å². The molecule has 3 aliphatic carbocycles. The highest BCUT2D eigenvalue weighted by Gasteiger charge is 2.71. The van der Waals surface area contributed by atoms with Gasteiger partial charge >= 0.3 is 6.36 Å². The summed E-state index contributed by atoms with van der Waals surface area (Å²) in [5.74, 6) is 0.679. The highest BCUT2D eigenvalue weighted by Crippen LogP contribution is 2.76. The summed E-state index contributed by atoms with van der Waals surface area (Å²) in [6, 6.07) is 6.53. The van der Waals surface area contributed by atoms with E-state index in [1.807, 2.05) is 6.07 Å². The van der Waals surface area contributed by atoms with Gasteiger partial charge < -0.3 is 10.1 Å². The quantitative estimate of drug-likeness (QED) is 0.919. The van der Waals surface area contributed by atoms with Gasteiger partial charge in [0.25, 0.3) is 0 Å². The monoisotopic (exact) mass is 283 g/mol. The smallest absolute Gasteiger partial charge is 0.406 e. The standard InChI is InChI=1S/C15H16F3NO/c16-15(17,18)20-12-3-1-2-10(4-12)13-7-14(8-13,9-13)11-5-19-6-11/h1-4,11,19H,5-9H2. The molecule has 4 fully saturated rings. The Hall–Kier alpha value is -1.23. The molecule has 1 saturated heterocycles. The van der Waals surface area contributed by atoms with Gasteiger partial charge in [-0.25, -0.2) is 0 Å². The average molecular weight is 283 g/mol. The largest absolute Gasteiger partial charge is 0.573 e. The third kappa shape index (κ3) is 1.68. The molecule has 2 nitrogen and oxygen atoms in total. The first kappa shape index (κ1) is 12.5. The van der Waals surface area contributed by atoms with Crippen LogP contribution in [0, 0.1) is 11.3 Å². The number of hydrogen-bond acceptors (Lipinski definition) is 2. The number of nitrogens with one attached hydrogen (secondary N) is 1. The number of halogens is 3. The van der Waals surface area contributed by atoms with Crippen LogP contribution in [0.1, 0.15) is 24.8 Å². The minimum Gasteiger partial charge on any atom is -0.406 e. The van der Waals surface area contributed by atoms with E-state index in [0.29, 0.717) is 5.41 Å². The highest BCUT2D eigenvalue weighted by molar-refractivity contribution is 5.43. The second-order valence-corrected chi connectivity index (χ2v) is 6.60. The lowest BCUT2D eigenvalue weighted by Crippen LogP contribution is -2.72. The molecule has 0 unspecified atom stereocenters. The number of ether oxygens (including phenoxy) is 1. The van der Waals surface area contributed by atoms with Crippen molar-refractivity contribution in [1.82, 2.24) is 5.32 Å². The molecule has 1 aromatic carbocycles. The maximum atomic E-state index is 12.3. The van der Waals surface area contributed by atoms with Crippen molar-refractivity contribution in [3.8, 4) is 5.75 Å². The van der Waals surface area contributed by atoms with E-state index in [-0.39, 0.29) is 11.2 Å². The molecule has 1 aliphatic heterocycles. The van der Waals surface area contributed by atoms with E-state index in [0.717, 1.165) is 43.8 Å². The predicted octanol–water partition coefficient (Wildman–Crippen LogP) is 3.23. The van der Waals surface area contributed by atoms with Crippen LogP contribution in [0.15, 0.2) is 24.3 Å². The molecule has 2 bridgehead atoms. The van der Waals surface area contributed by atoms with Gasteiger partial charge in [0.2, 0.25) is 0 Å². The summed E-state index contributed by atoms with van der Waals surface area (Å²) >= 11 is 0. The molecule has 1 aromatic rings. The third-order valence-electron chi connectivity index (χ3n) is 5.40. The first-order valence-electron chi connectivity index (χ1n) is 6.98. The molecular weight excluding hydrogens is 267 g/mol. The van der Waals surface area contributed by atoms with E-state index in [9.17, 15) is 13.2 Å². The summed E-state index contributed by atoms with van der Waals surface area (Å²) in [5, 5.41) is 3.30. The first-order valence-corrected chi connectivity index (χ1v) is 6.98. The van der Waals surface area contributed by atoms with Gasteiger partial charge in [0.05, 0.1) is 0 Å². The predicted molar refractivity (Wildman–Crippen MR) is 67.4 cm³/mol. The van der Waals surface area contributed by atoms with Crippen LogP contribution in [-0.2, 0) is 5.41 Å². The molecule has 0 atom stereocenters. The van der Waals surface area contributed by atoms with Crippen molar-refractivity contribution in [2.24, 2.45) is 11.3 Å². The van der Waals surface area contributed by atoms with E-state index in [4.69, 9.17) is 0 Å². The molecule has 1 heterocycles. The number of hydrogen-bond donors (Lipinski definition) is 1. The van der Waals surface area contributed by atoms with Gasteiger partial charge in [0.1, 0.15) is 5.75 Å². The fraction of sp³-hybridized carbons (Fsp3) is 0.600. The summed E-state index contributed by atoms with van der Waals surface area (Å²) in [7, 11) is 0. The highest BCUT2D eigenvalue weighted by atomic mass is 19.4. The van der Waals surface area contributed by atoms with Crippen LogP contribution >= 0.6 is 0 Å². The van der Waals surface area contributed by atoms with Gasteiger partial charge in [-0.15, -0.1) is 13.2 Å². The zero-order valence-corrected chi connectivity index (χ0v) is 11.0. The summed E-state index contributed by atoms with van der Waals surface area (Å²) in [6.45, 7) is 2.21. The van der Waals surface area contributed by atoms with Crippen molar-refractivity contribution in [3.05, 3.63) is 29.8 Å². The van der Waals surface area contributed by atoms with Crippen molar-refractivity contribution in [3.63, 3.8) is 0 Å². The Bertz CT molecular complexity index is 531. The molecule has 108 valence electrons. The Morgan fingerprint density at radius 2 is 1.85 bits per heavy atom. The second kappa shape index (κ2) is 3.70. The van der Waals surface area contributed by atoms with E-state index in [1.165, 1.54) is 6.07 Å². The molecule has 1 N–H and O–H groups in total. The molecule has 5 rings (SSSR count). The van der Waals surface area contributed by atoms with Gasteiger partial charge in [0.15, 0.2) is 0 Å². The van der Waals surface area contributed by atoms with E-state index in [1.54, 1.807) is 12.1 Å². The zero-order valence-electron chi connectivity index (χ0n) is 11.0. The van der Waals surface area contributed by atoms with Crippen LogP contribution in [0.4, 0.5) is 13.2 Å². The van der Waals surface area contributed by atoms with Gasteiger partial charge in [-0.05, 0) is 66.8 Å². The van der Waals surface area contributed by atoms with Crippen molar-refractivity contribution < 1.29 is 17.9 Å². The lowest BCUT2D eigenvalue weighted by Gasteiger charge is -2.75. The van der Waals surface area contributed by atoms with E-state index in [2.05, 4.69) is 10.1 Å². The maximum Gasteiger partial charge on any atom is 0.573 e. The van der Waals surface area contributed by atoms with Crippen molar-refractivity contribution in [2.75, 3.05) is 13.1 Å². The lowest BCUT2D eigenvalue weighted by atomic mass is 9.30. The minimum atomic E-state index is -4.61. The third-order valence-corrected chi connectivity index (χ3v) is 5.40. The molecule has 3 saturated carbocycles. The SMILES string of the molecule is FC(F)(F)Oc1cccc(C23CC(C4CNC4)(C2)C3)c1. The molecule has 0 aromatic heterocycles. The summed E-state index contributed by atoms with van der Waals surface area (Å²) < 4.78 is 40.8. The fourth-order valence-electron chi connectivity index (χ4n) is 4.35. The number of alkyl halides is 3. The number of benzene rings is 1. The number of rotatable bonds is 3. The van der Waals surface area contributed by atoms with Crippen LogP contribution in [-0.4, -0.2) is 19.5 Å². The fourth-order valence-corrected chi connectivity index (χ4v) is 4.35. The van der Waals surface area contributed by atoms with E-state index < -0.39 is 6.36 Å². The lowest BCUT2D eigenvalue weighted by molar-refractivity contribution is -0.274. The summed E-state index contributed by atoms with van der Waals surface area (Å²) in [4.78, 5) is 0. The normalized spacial score (nSPS) is 35.8.